The van der Waals surface area contributed by atoms with Gasteiger partial charge in [0.25, 0.3) is 5.91 Å². The van der Waals surface area contributed by atoms with Gasteiger partial charge in [-0.15, -0.1) is 0 Å². The molecule has 0 saturated heterocycles. The van der Waals surface area contributed by atoms with E-state index >= 15 is 0 Å². The number of nitrogens with one attached hydrogen (secondary N) is 1. The standard InChI is InChI=1S/C14H16N2O/c1-4-6-7-13(5-2)16-14(17)12-9-8-11(3)15-10-12/h4-10H,2H2,1,3H3,(H,16,17)/b6-4-,13-7+. The quantitative estimate of drug-likeness (QED) is 0.805. The van der Waals surface area contributed by atoms with Crippen LogP contribution < -0.4 is 5.32 Å². The maximum Gasteiger partial charge on any atom is 0.257 e. The van der Waals surface area contributed by atoms with Crippen molar-refractivity contribution in [3.63, 3.8) is 0 Å². The first-order valence-corrected chi connectivity index (χ1v) is 5.36. The highest BCUT2D eigenvalue weighted by atomic mass is 16.1. The Labute approximate surface area is 102 Å². The lowest BCUT2D eigenvalue weighted by atomic mass is 10.2. The van der Waals surface area contributed by atoms with Crippen LogP contribution in [0.4, 0.5) is 0 Å². The zero-order valence-corrected chi connectivity index (χ0v) is 10.1. The molecular formula is C14H16N2O. The van der Waals surface area contributed by atoms with Crippen molar-refractivity contribution in [2.45, 2.75) is 13.8 Å². The number of nitrogens with zero attached hydrogens (tertiary/aromatic N) is 1. The summed E-state index contributed by atoms with van der Waals surface area (Å²) in [7, 11) is 0. The van der Waals surface area contributed by atoms with E-state index in [4.69, 9.17) is 0 Å². The average Bonchev–Trinajstić information content (AvgIpc) is 2.35. The number of carbonyl (C=O) groups excluding carboxylic acids is 1. The molecule has 0 aromatic carbocycles. The van der Waals surface area contributed by atoms with Crippen LogP contribution in [0.5, 0.6) is 0 Å². The summed E-state index contributed by atoms with van der Waals surface area (Å²) in [5.41, 5.74) is 2.08. The minimum Gasteiger partial charge on any atom is -0.322 e. The number of pyridine rings is 1. The number of hydrogen-bond donors (Lipinski definition) is 1. The number of carbonyl (C=O) groups is 1. The normalized spacial score (nSPS) is 11.5. The maximum absolute atomic E-state index is 11.8. The van der Waals surface area contributed by atoms with Crippen LogP contribution in [-0.2, 0) is 0 Å². The van der Waals surface area contributed by atoms with Crippen LogP contribution in [0.25, 0.3) is 0 Å². The molecule has 0 fully saturated rings. The van der Waals surface area contributed by atoms with Gasteiger partial charge in [0.15, 0.2) is 0 Å². The molecule has 0 aliphatic rings. The monoisotopic (exact) mass is 228 g/mol. The zero-order valence-electron chi connectivity index (χ0n) is 10.1. The molecule has 17 heavy (non-hydrogen) atoms. The van der Waals surface area contributed by atoms with Gasteiger partial charge in [-0.1, -0.05) is 18.7 Å². The highest BCUT2D eigenvalue weighted by Gasteiger charge is 2.05. The van der Waals surface area contributed by atoms with Crippen molar-refractivity contribution in [1.82, 2.24) is 10.3 Å². The van der Waals surface area contributed by atoms with Crippen LogP contribution >= 0.6 is 0 Å². The predicted octanol–water partition coefficient (Wildman–Crippen LogP) is 2.77. The van der Waals surface area contributed by atoms with Gasteiger partial charge in [0.2, 0.25) is 0 Å². The molecule has 0 spiro atoms. The number of allylic oxidation sites excluding steroid dienone is 4. The molecule has 0 unspecified atom stereocenters. The topological polar surface area (TPSA) is 42.0 Å². The van der Waals surface area contributed by atoms with E-state index < -0.39 is 0 Å². The highest BCUT2D eigenvalue weighted by molar-refractivity contribution is 5.95. The Hall–Kier alpha value is -2.16. The van der Waals surface area contributed by atoms with Crippen molar-refractivity contribution < 1.29 is 4.79 Å². The van der Waals surface area contributed by atoms with Crippen molar-refractivity contribution >= 4 is 5.91 Å². The number of aryl methyl sites for hydroxylation is 1. The fourth-order valence-electron chi connectivity index (χ4n) is 1.17. The Morgan fingerprint density at radius 2 is 2.24 bits per heavy atom. The molecule has 3 heteroatoms. The second-order valence-electron chi connectivity index (χ2n) is 3.49. The SMILES string of the molecule is C=C/C(=C\C=C/C)NC(=O)c1ccc(C)nc1. The van der Waals surface area contributed by atoms with Crippen LogP contribution in [0, 0.1) is 6.92 Å². The van der Waals surface area contributed by atoms with Gasteiger partial charge in [0.1, 0.15) is 0 Å². The fraction of sp³-hybridized carbons (Fsp3) is 0.143. The van der Waals surface area contributed by atoms with E-state index in [-0.39, 0.29) is 5.91 Å². The van der Waals surface area contributed by atoms with E-state index in [0.29, 0.717) is 11.3 Å². The molecule has 1 rings (SSSR count). The van der Waals surface area contributed by atoms with E-state index in [9.17, 15) is 4.79 Å². The molecule has 0 aliphatic heterocycles. The molecule has 0 atom stereocenters. The lowest BCUT2D eigenvalue weighted by Gasteiger charge is -2.05. The average molecular weight is 228 g/mol. The van der Waals surface area contributed by atoms with E-state index in [1.54, 1.807) is 30.5 Å². The summed E-state index contributed by atoms with van der Waals surface area (Å²) in [5, 5.41) is 2.75. The molecule has 0 radical (unpaired) electrons. The molecule has 1 amide bonds. The van der Waals surface area contributed by atoms with Crippen LogP contribution in [0.3, 0.4) is 0 Å². The van der Waals surface area contributed by atoms with Gasteiger partial charge in [0, 0.05) is 17.6 Å². The van der Waals surface area contributed by atoms with Crippen molar-refractivity contribution in [1.29, 1.82) is 0 Å². The number of amides is 1. The maximum atomic E-state index is 11.8. The van der Waals surface area contributed by atoms with E-state index in [0.717, 1.165) is 5.69 Å². The Morgan fingerprint density at radius 1 is 1.47 bits per heavy atom. The molecule has 0 aliphatic carbocycles. The van der Waals surface area contributed by atoms with Crippen LogP contribution in [-0.4, -0.2) is 10.9 Å². The highest BCUT2D eigenvalue weighted by Crippen LogP contribution is 2.01. The van der Waals surface area contributed by atoms with Gasteiger partial charge in [-0.2, -0.15) is 0 Å². The first-order chi connectivity index (χ1) is 8.17. The number of hydrogen-bond acceptors (Lipinski definition) is 2. The van der Waals surface area contributed by atoms with Crippen LogP contribution in [0.1, 0.15) is 23.0 Å². The molecule has 1 aromatic heterocycles. The molecule has 1 aromatic rings. The molecule has 88 valence electrons. The Kier molecular flexibility index (Phi) is 4.88. The third kappa shape index (κ3) is 4.07. The summed E-state index contributed by atoms with van der Waals surface area (Å²) in [6, 6.07) is 3.55. The largest absolute Gasteiger partial charge is 0.322 e. The Balaban J connectivity index is 2.77. The molecule has 0 bridgehead atoms. The smallest absolute Gasteiger partial charge is 0.257 e. The first-order valence-electron chi connectivity index (χ1n) is 5.36. The minimum absolute atomic E-state index is 0.187. The Morgan fingerprint density at radius 3 is 2.76 bits per heavy atom. The van der Waals surface area contributed by atoms with Gasteiger partial charge in [-0.05, 0) is 38.1 Å². The second-order valence-corrected chi connectivity index (χ2v) is 3.49. The van der Waals surface area contributed by atoms with Crippen LogP contribution in [0.15, 0.2) is 54.9 Å². The van der Waals surface area contributed by atoms with E-state index in [1.165, 1.54) is 0 Å². The third-order valence-corrected chi connectivity index (χ3v) is 2.12. The fourth-order valence-corrected chi connectivity index (χ4v) is 1.17. The van der Waals surface area contributed by atoms with Crippen molar-refractivity contribution in [2.75, 3.05) is 0 Å². The lowest BCUT2D eigenvalue weighted by molar-refractivity contribution is 0.0967. The summed E-state index contributed by atoms with van der Waals surface area (Å²) in [6.45, 7) is 7.43. The minimum atomic E-state index is -0.187. The molecular weight excluding hydrogens is 212 g/mol. The van der Waals surface area contributed by atoms with Gasteiger partial charge in [-0.25, -0.2) is 0 Å². The van der Waals surface area contributed by atoms with E-state index in [2.05, 4.69) is 16.9 Å². The van der Waals surface area contributed by atoms with Gasteiger partial charge >= 0.3 is 0 Å². The predicted molar refractivity (Wildman–Crippen MR) is 69.5 cm³/mol. The second kappa shape index (κ2) is 6.43. The van der Waals surface area contributed by atoms with Crippen molar-refractivity contribution in [3.8, 4) is 0 Å². The van der Waals surface area contributed by atoms with Gasteiger partial charge in [0.05, 0.1) is 5.56 Å². The first kappa shape index (κ1) is 12.9. The van der Waals surface area contributed by atoms with Gasteiger partial charge < -0.3 is 5.32 Å². The third-order valence-electron chi connectivity index (χ3n) is 2.12. The summed E-state index contributed by atoms with van der Waals surface area (Å²) < 4.78 is 0. The lowest BCUT2D eigenvalue weighted by Crippen LogP contribution is -2.21. The number of rotatable bonds is 4. The molecule has 1 N–H and O–H groups in total. The molecule has 1 heterocycles. The van der Waals surface area contributed by atoms with Crippen molar-refractivity contribution in [2.24, 2.45) is 0 Å². The summed E-state index contributed by atoms with van der Waals surface area (Å²) in [6.07, 6.45) is 8.65. The summed E-state index contributed by atoms with van der Waals surface area (Å²) in [5.74, 6) is -0.187. The summed E-state index contributed by atoms with van der Waals surface area (Å²) >= 11 is 0. The van der Waals surface area contributed by atoms with Gasteiger partial charge in [-0.3, -0.25) is 9.78 Å². The zero-order chi connectivity index (χ0) is 12.7. The van der Waals surface area contributed by atoms with Crippen LogP contribution in [0.2, 0.25) is 0 Å². The molecule has 0 saturated carbocycles. The number of aromatic nitrogens is 1. The Bertz CT molecular complexity index is 456. The van der Waals surface area contributed by atoms with E-state index in [1.807, 2.05) is 26.0 Å². The van der Waals surface area contributed by atoms with Crippen molar-refractivity contribution in [3.05, 3.63) is 66.2 Å². The molecule has 3 nitrogen and oxygen atoms in total. The summed E-state index contributed by atoms with van der Waals surface area (Å²) in [4.78, 5) is 15.9.